The fourth-order valence-electron chi connectivity index (χ4n) is 3.25. The van der Waals surface area contributed by atoms with E-state index >= 15 is 0 Å². The molecule has 0 fully saturated rings. The first-order valence-electron chi connectivity index (χ1n) is 10.5. The van der Waals surface area contributed by atoms with Crippen LogP contribution in [0.2, 0.25) is 0 Å². The fourth-order valence-corrected chi connectivity index (χ4v) is 3.25. The first kappa shape index (κ1) is 25.8. The molecule has 0 aliphatic carbocycles. The predicted octanol–water partition coefficient (Wildman–Crippen LogP) is 3.70. The molecule has 2 heterocycles. The number of alkyl halides is 3. The molecule has 2 N–H and O–H groups in total. The normalized spacial score (nSPS) is 15.9. The molecule has 0 radical (unpaired) electrons. The molecule has 0 spiro atoms. The molecule has 1 aromatic carbocycles. The number of rotatable bonds is 9. The second-order valence-electron chi connectivity index (χ2n) is 7.47. The summed E-state index contributed by atoms with van der Waals surface area (Å²) in [4.78, 5) is 37.4. The lowest BCUT2D eigenvalue weighted by Gasteiger charge is -2.27. The smallest absolute Gasteiger partial charge is 0.411 e. The Labute approximate surface area is 198 Å². The topological polar surface area (TPSA) is 116 Å². The molecule has 2 amide bonds. The highest BCUT2D eigenvalue weighted by Crippen LogP contribution is 2.29. The van der Waals surface area contributed by atoms with E-state index in [2.05, 4.69) is 15.4 Å². The number of hydrogen-bond acceptors (Lipinski definition) is 7. The molecule has 0 bridgehead atoms. The third-order valence-electron chi connectivity index (χ3n) is 4.77. The zero-order chi connectivity index (χ0) is 25.6. The minimum atomic E-state index is -4.43. The monoisotopic (exact) mass is 496 g/mol. The molecule has 1 aromatic heterocycles. The summed E-state index contributed by atoms with van der Waals surface area (Å²) < 4.78 is 57.1. The zero-order valence-electron chi connectivity index (χ0n) is 18.9. The van der Waals surface area contributed by atoms with Gasteiger partial charge in [0.1, 0.15) is 30.8 Å². The second kappa shape index (κ2) is 11.1. The Morgan fingerprint density at radius 2 is 1.74 bits per heavy atom. The van der Waals surface area contributed by atoms with Crippen molar-refractivity contribution in [1.29, 1.82) is 0 Å². The van der Waals surface area contributed by atoms with Gasteiger partial charge in [0.25, 0.3) is 0 Å². The van der Waals surface area contributed by atoms with E-state index in [-0.39, 0.29) is 30.0 Å². The Balaban J connectivity index is 1.73. The molecule has 2 aromatic rings. The Morgan fingerprint density at radius 3 is 2.34 bits per heavy atom. The van der Waals surface area contributed by atoms with Crippen molar-refractivity contribution in [3.8, 4) is 0 Å². The first-order chi connectivity index (χ1) is 16.6. The Hall–Kier alpha value is -3.80. The van der Waals surface area contributed by atoms with E-state index < -0.39 is 43.4 Å². The molecule has 1 aliphatic heterocycles. The number of amides is 2. The van der Waals surface area contributed by atoms with Gasteiger partial charge in [0.15, 0.2) is 0 Å². The lowest BCUT2D eigenvalue weighted by molar-refractivity contribution is -0.176. The highest BCUT2D eigenvalue weighted by molar-refractivity contribution is 5.95. The number of esters is 2. The Bertz CT molecular complexity index is 1110. The van der Waals surface area contributed by atoms with Gasteiger partial charge in [-0.1, -0.05) is 12.1 Å². The SMILES string of the molecule is CCOC(=O)C1=C(COC(=O)c2ccc(COCC(F)(F)F)cc2)NC(=O)NC1c1ccc(C)o1. The van der Waals surface area contributed by atoms with Crippen LogP contribution in [-0.4, -0.2) is 44.0 Å². The second-order valence-corrected chi connectivity index (χ2v) is 7.47. The molecule has 1 atom stereocenters. The van der Waals surface area contributed by atoms with Crippen molar-refractivity contribution < 1.29 is 46.2 Å². The average molecular weight is 496 g/mol. The summed E-state index contributed by atoms with van der Waals surface area (Å²) in [5.41, 5.74) is 0.587. The number of benzene rings is 1. The number of urea groups is 1. The van der Waals surface area contributed by atoms with Crippen LogP contribution in [0.3, 0.4) is 0 Å². The maximum absolute atomic E-state index is 12.7. The van der Waals surface area contributed by atoms with Crippen molar-refractivity contribution in [3.63, 3.8) is 0 Å². The maximum Gasteiger partial charge on any atom is 0.411 e. The zero-order valence-corrected chi connectivity index (χ0v) is 18.9. The molecule has 0 saturated carbocycles. The van der Waals surface area contributed by atoms with Gasteiger partial charge in [-0.3, -0.25) is 0 Å². The van der Waals surface area contributed by atoms with Crippen LogP contribution in [0.4, 0.5) is 18.0 Å². The van der Waals surface area contributed by atoms with Crippen LogP contribution >= 0.6 is 0 Å². The predicted molar refractivity (Wildman–Crippen MR) is 114 cm³/mol. The molecule has 1 unspecified atom stereocenters. The fraction of sp³-hybridized carbons (Fsp3) is 0.348. The van der Waals surface area contributed by atoms with Crippen molar-refractivity contribution in [2.24, 2.45) is 0 Å². The summed E-state index contributed by atoms with van der Waals surface area (Å²) in [5, 5.41) is 5.06. The number of ether oxygens (including phenoxy) is 3. The lowest BCUT2D eigenvalue weighted by atomic mass is 10.0. The molecule has 1 aliphatic rings. The van der Waals surface area contributed by atoms with Gasteiger partial charge in [0, 0.05) is 0 Å². The molecule has 3 rings (SSSR count). The van der Waals surface area contributed by atoms with Crippen molar-refractivity contribution in [1.82, 2.24) is 10.6 Å². The molecule has 188 valence electrons. The van der Waals surface area contributed by atoms with Crippen molar-refractivity contribution in [2.45, 2.75) is 32.7 Å². The highest BCUT2D eigenvalue weighted by Gasteiger charge is 2.36. The number of aryl methyl sites for hydroxylation is 1. The maximum atomic E-state index is 12.7. The van der Waals surface area contributed by atoms with E-state index in [0.717, 1.165) is 0 Å². The number of hydrogen-bond donors (Lipinski definition) is 2. The minimum absolute atomic E-state index is 0.0192. The van der Waals surface area contributed by atoms with Gasteiger partial charge in [0.05, 0.1) is 30.0 Å². The standard InChI is InChI=1S/C23H23F3N2O7/c1-3-33-21(30)18-16(27-22(31)28-19(18)17-9-4-13(2)35-17)11-34-20(29)15-7-5-14(6-8-15)10-32-12-23(24,25)26/h4-9,19H,3,10-12H2,1-2H3,(H2,27,28,31). The van der Waals surface area contributed by atoms with Crippen LogP contribution in [0.15, 0.2) is 52.1 Å². The van der Waals surface area contributed by atoms with Gasteiger partial charge < -0.3 is 29.3 Å². The van der Waals surface area contributed by atoms with Crippen molar-refractivity contribution >= 4 is 18.0 Å². The van der Waals surface area contributed by atoms with Crippen LogP contribution in [0.1, 0.15) is 40.4 Å². The van der Waals surface area contributed by atoms with Crippen LogP contribution < -0.4 is 10.6 Å². The van der Waals surface area contributed by atoms with Crippen LogP contribution in [-0.2, 0) is 25.6 Å². The minimum Gasteiger partial charge on any atom is -0.464 e. The number of carbonyl (C=O) groups excluding carboxylic acids is 3. The summed E-state index contributed by atoms with van der Waals surface area (Å²) >= 11 is 0. The summed E-state index contributed by atoms with van der Waals surface area (Å²) in [6.07, 6.45) is -4.43. The number of furan rings is 1. The third-order valence-corrected chi connectivity index (χ3v) is 4.77. The summed E-state index contributed by atoms with van der Waals surface area (Å²) in [6.45, 7) is 1.29. The van der Waals surface area contributed by atoms with E-state index in [9.17, 15) is 27.6 Å². The number of halogens is 3. The van der Waals surface area contributed by atoms with Crippen LogP contribution in [0, 0.1) is 6.92 Å². The summed E-state index contributed by atoms with van der Waals surface area (Å²) in [7, 11) is 0. The molecule has 35 heavy (non-hydrogen) atoms. The van der Waals surface area contributed by atoms with Crippen LogP contribution in [0.25, 0.3) is 0 Å². The van der Waals surface area contributed by atoms with E-state index in [4.69, 9.17) is 13.9 Å². The van der Waals surface area contributed by atoms with E-state index in [1.165, 1.54) is 24.3 Å². The summed E-state index contributed by atoms with van der Waals surface area (Å²) in [6, 6.07) is 7.27. The van der Waals surface area contributed by atoms with Crippen molar-refractivity contribution in [2.75, 3.05) is 19.8 Å². The van der Waals surface area contributed by atoms with Gasteiger partial charge in [-0.05, 0) is 43.7 Å². The average Bonchev–Trinajstić information content (AvgIpc) is 3.23. The third kappa shape index (κ3) is 7.09. The summed E-state index contributed by atoms with van der Waals surface area (Å²) in [5.74, 6) is -0.640. The number of carbonyl (C=O) groups is 3. The molecule has 9 nitrogen and oxygen atoms in total. The molecular formula is C23H23F3N2O7. The Morgan fingerprint density at radius 1 is 1.03 bits per heavy atom. The first-order valence-corrected chi connectivity index (χ1v) is 10.5. The highest BCUT2D eigenvalue weighted by atomic mass is 19.4. The van der Waals surface area contributed by atoms with Gasteiger partial charge in [-0.2, -0.15) is 13.2 Å². The van der Waals surface area contributed by atoms with Gasteiger partial charge >= 0.3 is 24.1 Å². The molecule has 0 saturated heterocycles. The lowest BCUT2D eigenvalue weighted by Crippen LogP contribution is -2.47. The number of nitrogens with one attached hydrogen (secondary N) is 2. The van der Waals surface area contributed by atoms with Gasteiger partial charge in [-0.25, -0.2) is 14.4 Å². The van der Waals surface area contributed by atoms with Crippen LogP contribution in [0.5, 0.6) is 0 Å². The van der Waals surface area contributed by atoms with Gasteiger partial charge in [0.2, 0.25) is 0 Å². The van der Waals surface area contributed by atoms with E-state index in [1.807, 2.05) is 0 Å². The van der Waals surface area contributed by atoms with E-state index in [0.29, 0.717) is 17.1 Å². The molecule has 12 heteroatoms. The van der Waals surface area contributed by atoms with Gasteiger partial charge in [-0.15, -0.1) is 0 Å². The van der Waals surface area contributed by atoms with Crippen molar-refractivity contribution in [3.05, 3.63) is 70.3 Å². The quantitative estimate of drug-likeness (QED) is 0.509. The molecular weight excluding hydrogens is 473 g/mol. The van der Waals surface area contributed by atoms with E-state index in [1.54, 1.807) is 26.0 Å². The Kier molecular flexibility index (Phi) is 8.18. The largest absolute Gasteiger partial charge is 0.464 e.